The van der Waals surface area contributed by atoms with Gasteiger partial charge in [-0.05, 0) is 206 Å². The first-order chi connectivity index (χ1) is 39.3. The molecule has 28 heteroatoms. The molecule has 0 N–H and O–H groups in total. The summed E-state index contributed by atoms with van der Waals surface area (Å²) < 4.78 is 37.1. The molecule has 4 aliphatic heterocycles. The van der Waals surface area contributed by atoms with Crippen molar-refractivity contribution in [1.29, 1.82) is 0 Å². The number of halogens is 4. The Balaban J connectivity index is 0.000000240. The van der Waals surface area contributed by atoms with E-state index >= 15 is 0 Å². The minimum absolute atomic E-state index is 0. The number of amides is 7. The molecule has 84 heavy (non-hydrogen) atoms. The van der Waals surface area contributed by atoms with Gasteiger partial charge in [-0.25, -0.2) is 27.6 Å². The van der Waals surface area contributed by atoms with E-state index in [0.717, 1.165) is 54.4 Å². The number of hydroxylamine groups is 8. The fraction of sp³-hybridized carbons (Fsp3) is 0.339. The molecular formula is C56H55I4N4NaO18S. The molecular weight excluding hydrogens is 1570 g/mol. The molecule has 0 spiro atoms. The van der Waals surface area contributed by atoms with E-state index in [1.165, 1.54) is 0 Å². The third-order valence-corrected chi connectivity index (χ3v) is 16.2. The van der Waals surface area contributed by atoms with Crippen LogP contribution in [0.4, 0.5) is 0 Å². The topological polar surface area (TPSA) is 295 Å². The van der Waals surface area contributed by atoms with Gasteiger partial charge in [-0.2, -0.15) is 0 Å². The van der Waals surface area contributed by atoms with Crippen molar-refractivity contribution >= 4 is 166 Å². The molecule has 4 fully saturated rings. The Labute approximate surface area is 561 Å². The minimum atomic E-state index is -4.97. The summed E-state index contributed by atoms with van der Waals surface area (Å²) in [4.78, 5) is 146. The molecule has 8 rings (SSSR count). The van der Waals surface area contributed by atoms with E-state index in [2.05, 4.69) is 102 Å². The monoisotopic (exact) mass is 1630 g/mol. The quantitative estimate of drug-likeness (QED) is 0.0524. The number of nitrogens with zero attached hydrogens (tertiary/aromatic N) is 4. The van der Waals surface area contributed by atoms with Crippen molar-refractivity contribution in [2.45, 2.75) is 115 Å². The van der Waals surface area contributed by atoms with Crippen LogP contribution in [0.15, 0.2) is 109 Å². The smallest absolute Gasteiger partial charge is 0.747 e. The predicted octanol–water partition coefficient (Wildman–Crippen LogP) is 4.87. The van der Waals surface area contributed by atoms with Crippen LogP contribution in [0.2, 0.25) is 0 Å². The Hall–Kier alpha value is -4.78. The molecule has 442 valence electrons. The Bertz CT molecular complexity index is 3160. The van der Waals surface area contributed by atoms with E-state index in [1.54, 1.807) is 6.92 Å². The molecule has 4 saturated heterocycles. The summed E-state index contributed by atoms with van der Waals surface area (Å²) in [7, 11) is -4.97. The molecule has 0 bridgehead atoms. The molecule has 0 aliphatic carbocycles. The van der Waals surface area contributed by atoms with Crippen molar-refractivity contribution in [3.05, 3.63) is 146 Å². The van der Waals surface area contributed by atoms with E-state index < -0.39 is 87.0 Å². The number of hydrogen-bond donors (Lipinski definition) is 0. The van der Waals surface area contributed by atoms with Crippen LogP contribution in [0.25, 0.3) is 0 Å². The Morgan fingerprint density at radius 2 is 0.774 bits per heavy atom. The number of hydrogen-bond acceptors (Lipinski definition) is 18. The maximum atomic E-state index is 11.7. The van der Waals surface area contributed by atoms with Gasteiger partial charge in [0.1, 0.15) is 15.4 Å². The average Bonchev–Trinajstić information content (AvgIpc) is 3.56. The molecule has 0 saturated carbocycles. The van der Waals surface area contributed by atoms with Gasteiger partial charge in [0.2, 0.25) is 0 Å². The van der Waals surface area contributed by atoms with Gasteiger partial charge in [-0.15, -0.1) is 20.3 Å². The van der Waals surface area contributed by atoms with Crippen molar-refractivity contribution in [2.75, 3.05) is 0 Å². The molecule has 2 atom stereocenters. The van der Waals surface area contributed by atoms with Crippen LogP contribution in [0, 0.1) is 20.2 Å². The summed E-state index contributed by atoms with van der Waals surface area (Å²) >= 11 is 8.83. The zero-order chi connectivity index (χ0) is 61.0. The molecule has 0 aromatic heterocycles. The van der Waals surface area contributed by atoms with E-state index in [1.807, 2.05) is 97.1 Å². The number of carbonyl (C=O) groups excluding carboxylic acids is 11. The van der Waals surface area contributed by atoms with Crippen molar-refractivity contribution < 1.29 is 115 Å². The van der Waals surface area contributed by atoms with Crippen molar-refractivity contribution in [3.63, 3.8) is 0 Å². The first-order valence-corrected chi connectivity index (χ1v) is 31.4. The molecule has 7 amide bonds. The molecule has 4 aromatic rings. The maximum absolute atomic E-state index is 11.7. The molecule has 4 aromatic carbocycles. The van der Waals surface area contributed by atoms with Crippen molar-refractivity contribution in [3.8, 4) is 0 Å². The van der Waals surface area contributed by atoms with E-state index in [4.69, 9.17) is 14.5 Å². The maximum Gasteiger partial charge on any atom is 1.00 e. The number of aryl methyl sites for hydroxylation is 4. The normalized spacial score (nSPS) is 16.5. The van der Waals surface area contributed by atoms with Crippen molar-refractivity contribution in [2.24, 2.45) is 5.92 Å². The van der Waals surface area contributed by atoms with Gasteiger partial charge in [0.15, 0.2) is 0 Å². The van der Waals surface area contributed by atoms with Crippen molar-refractivity contribution in [1.82, 2.24) is 20.3 Å². The fourth-order valence-electron chi connectivity index (χ4n) is 7.72. The molecule has 2 unspecified atom stereocenters. The Morgan fingerprint density at radius 1 is 0.464 bits per heavy atom. The van der Waals surface area contributed by atoms with E-state index in [0.29, 0.717) is 54.3 Å². The third-order valence-electron chi connectivity index (χ3n) is 12.2. The fourth-order valence-corrected chi connectivity index (χ4v) is 9.85. The van der Waals surface area contributed by atoms with Gasteiger partial charge in [0.05, 0.1) is 25.0 Å². The largest absolute Gasteiger partial charge is 1.00 e. The molecule has 22 nitrogen and oxygen atoms in total. The van der Waals surface area contributed by atoms with Gasteiger partial charge in [-0.3, -0.25) is 33.6 Å². The van der Waals surface area contributed by atoms with Crippen LogP contribution in [-0.2, 0) is 108 Å². The average molecular weight is 1630 g/mol. The number of allylic oxidation sites excluding steroid dienone is 1. The summed E-state index contributed by atoms with van der Waals surface area (Å²) in [5, 5.41) is 0.261. The van der Waals surface area contributed by atoms with Crippen LogP contribution in [-0.4, -0.2) is 104 Å². The molecule has 0 radical (unpaired) electrons. The summed E-state index contributed by atoms with van der Waals surface area (Å²) in [6.07, 6.45) is 4.64. The summed E-state index contributed by atoms with van der Waals surface area (Å²) in [6, 6.07) is 31.4. The minimum Gasteiger partial charge on any atom is -0.747 e. The number of benzene rings is 4. The van der Waals surface area contributed by atoms with Crippen LogP contribution in [0.5, 0.6) is 0 Å². The standard InChI is InChI=1S/C15H16INO4.C14H14INO4.C14H14INO3.C13H12INO7S.Na/c1-10-9-13(18)17(15(10)20)21-14(19)4-2-3-11-5-7-12(16)8-6-11;15-11-6-4-10(5-7-11)2-1-3-14(19)20-16-12(17)8-9-13(16)18;1-10-2-8-13(17)16(10)19-14(18)9-5-11-3-6-12(15)7-4-11;14-9-4-1-8(2-5-9)3-6-12(17)22-15-11(16)7-10(13(15)18)23(19,20)21;/h5-8,10H,2-4,9H2,1H3;4-7H,1-3,8-9H2;3-4,6-7H,1-2,5,8-9H2;1-2,4-5,10H,3,6-7H2,(H,19,20,21);/q;;;;+1/p-1/i16-2;2*15-2;14-2;. The summed E-state index contributed by atoms with van der Waals surface area (Å²) in [5.74, 6) is -7.09. The van der Waals surface area contributed by atoms with E-state index in [9.17, 15) is 65.7 Å². The SMILES string of the molecule is C=C1CCC(=O)N1OC(=O)CCc1ccc([125I])cc1.CC1CC(=O)N(OC(=O)CCCc2ccc([125I])cc2)C1=O.O=C(CCCc1ccc([125I])cc1)ON1C(=O)CCC1=O.O=C(CCc1ccc([125I])cc1)ON1C(=O)CC(S(=O)(=O)[O-])C1=O.[Na+]. The van der Waals surface area contributed by atoms with Gasteiger partial charge in [-0.1, -0.05) is 62.0 Å². The first kappa shape index (κ1) is 71.7. The molecule has 4 heterocycles. The number of rotatable bonds is 19. The van der Waals surface area contributed by atoms with Crippen LogP contribution in [0.1, 0.15) is 106 Å². The van der Waals surface area contributed by atoms with Crippen LogP contribution >= 0.6 is 90.4 Å². The first-order valence-electron chi connectivity index (χ1n) is 25.6. The van der Waals surface area contributed by atoms with E-state index in [-0.39, 0.29) is 85.5 Å². The van der Waals surface area contributed by atoms with Gasteiger partial charge >= 0.3 is 53.4 Å². The summed E-state index contributed by atoms with van der Waals surface area (Å²) in [6.45, 7) is 5.34. The zero-order valence-corrected chi connectivity index (χ0v) is 56.9. The Kier molecular flexibility index (Phi) is 30.0. The summed E-state index contributed by atoms with van der Waals surface area (Å²) in [5.41, 5.74) is 4.77. The second kappa shape index (κ2) is 35.1. The Morgan fingerprint density at radius 3 is 1.11 bits per heavy atom. The van der Waals surface area contributed by atoms with Gasteiger partial charge < -0.3 is 23.9 Å². The number of carbonyl (C=O) groups is 11. The second-order valence-electron chi connectivity index (χ2n) is 18.7. The predicted molar refractivity (Wildman–Crippen MR) is 325 cm³/mol. The third kappa shape index (κ3) is 23.8. The number of imide groups is 3. The van der Waals surface area contributed by atoms with Gasteiger partial charge in [0, 0.05) is 58.7 Å². The van der Waals surface area contributed by atoms with Crippen LogP contribution < -0.4 is 29.6 Å². The molecule has 4 aliphatic rings. The second-order valence-corrected chi connectivity index (χ2v) is 25.3. The zero-order valence-electron chi connectivity index (χ0n) is 45.5. The van der Waals surface area contributed by atoms with Crippen LogP contribution in [0.3, 0.4) is 0 Å². The van der Waals surface area contributed by atoms with Gasteiger partial charge in [0.25, 0.3) is 41.4 Å².